The van der Waals surface area contributed by atoms with E-state index in [1.165, 1.54) is 4.90 Å². The van der Waals surface area contributed by atoms with Crippen LogP contribution in [-0.4, -0.2) is 52.0 Å². The van der Waals surface area contributed by atoms with Crippen molar-refractivity contribution >= 4 is 17.4 Å². The number of hydrogen-bond acceptors (Lipinski definition) is 6. The summed E-state index contributed by atoms with van der Waals surface area (Å²) in [6.45, 7) is 4.80. The smallest absolute Gasteiger partial charge is 0.295 e. The zero-order chi connectivity index (χ0) is 22.0. The molecule has 1 aromatic heterocycles. The largest absolute Gasteiger partial charge is 0.507 e. The highest BCUT2D eigenvalue weighted by Crippen LogP contribution is 2.40. The van der Waals surface area contributed by atoms with E-state index in [0.29, 0.717) is 30.0 Å². The minimum atomic E-state index is -0.718. The van der Waals surface area contributed by atoms with Gasteiger partial charge in [-0.25, -0.2) is 0 Å². The van der Waals surface area contributed by atoms with Gasteiger partial charge in [0.05, 0.1) is 23.8 Å². The maximum absolute atomic E-state index is 13.0. The van der Waals surface area contributed by atoms with Crippen molar-refractivity contribution in [1.29, 1.82) is 0 Å². The first kappa shape index (κ1) is 21.1. The van der Waals surface area contributed by atoms with E-state index in [4.69, 9.17) is 9.47 Å². The second-order valence-electron chi connectivity index (χ2n) is 8.06. The third-order valence-electron chi connectivity index (χ3n) is 5.46. The normalized spacial score (nSPS) is 23.0. The van der Waals surface area contributed by atoms with Crippen molar-refractivity contribution < 1.29 is 24.2 Å². The van der Waals surface area contributed by atoms with Crippen LogP contribution in [0.3, 0.4) is 0 Å². The molecule has 2 aliphatic heterocycles. The average molecular weight is 422 g/mol. The van der Waals surface area contributed by atoms with Crippen LogP contribution in [0.5, 0.6) is 5.75 Å². The van der Waals surface area contributed by atoms with Gasteiger partial charge in [-0.05, 0) is 62.6 Å². The van der Waals surface area contributed by atoms with Gasteiger partial charge < -0.3 is 19.5 Å². The number of hydrogen-bond donors (Lipinski definition) is 1. The minimum Gasteiger partial charge on any atom is -0.507 e. The van der Waals surface area contributed by atoms with Crippen molar-refractivity contribution in [2.75, 3.05) is 13.2 Å². The number of carbonyl (C=O) groups excluding carboxylic acids is 2. The Morgan fingerprint density at radius 2 is 2.03 bits per heavy atom. The van der Waals surface area contributed by atoms with Crippen molar-refractivity contribution in [3.05, 3.63) is 65.5 Å². The number of pyridine rings is 1. The number of carbonyl (C=O) groups is 2. The number of likely N-dealkylation sites (tertiary alicyclic amines) is 1. The fourth-order valence-corrected chi connectivity index (χ4v) is 4.08. The molecule has 0 bridgehead atoms. The Balaban J connectivity index is 1.74. The molecule has 2 aliphatic rings. The Morgan fingerprint density at radius 3 is 2.65 bits per heavy atom. The molecular formula is C24H26N2O5. The van der Waals surface area contributed by atoms with Gasteiger partial charge in [0.15, 0.2) is 0 Å². The number of aliphatic hydroxyl groups excluding tert-OH is 1. The topological polar surface area (TPSA) is 89.0 Å². The quantitative estimate of drug-likeness (QED) is 0.436. The van der Waals surface area contributed by atoms with Gasteiger partial charge in [-0.3, -0.25) is 14.6 Å². The molecule has 1 aromatic carbocycles. The Bertz CT molecular complexity index is 979. The van der Waals surface area contributed by atoms with Gasteiger partial charge in [-0.15, -0.1) is 0 Å². The van der Waals surface area contributed by atoms with E-state index in [2.05, 4.69) is 4.98 Å². The molecule has 1 N–H and O–H groups in total. The summed E-state index contributed by atoms with van der Waals surface area (Å²) in [4.78, 5) is 31.6. The number of ketones is 1. The summed E-state index contributed by atoms with van der Waals surface area (Å²) in [7, 11) is 0. The maximum atomic E-state index is 13.0. The summed E-state index contributed by atoms with van der Waals surface area (Å²) >= 11 is 0. The number of benzene rings is 1. The van der Waals surface area contributed by atoms with E-state index in [-0.39, 0.29) is 23.5 Å². The highest BCUT2D eigenvalue weighted by molar-refractivity contribution is 6.46. The molecule has 7 heteroatoms. The monoisotopic (exact) mass is 422 g/mol. The first-order chi connectivity index (χ1) is 15.0. The van der Waals surface area contributed by atoms with E-state index in [1.54, 1.807) is 48.8 Å². The number of rotatable bonds is 6. The van der Waals surface area contributed by atoms with Crippen molar-refractivity contribution in [1.82, 2.24) is 9.88 Å². The Kier molecular flexibility index (Phi) is 6.04. The van der Waals surface area contributed by atoms with Crippen LogP contribution >= 0.6 is 0 Å². The SMILES string of the molecule is CC(C)Oc1ccc(/C(O)=C2/C(=O)C(=O)N(CC3CCCO3)C2c2cccnc2)cc1. The lowest BCUT2D eigenvalue weighted by Crippen LogP contribution is -2.36. The third-order valence-corrected chi connectivity index (χ3v) is 5.46. The van der Waals surface area contributed by atoms with Gasteiger partial charge in [0.1, 0.15) is 11.5 Å². The molecule has 0 spiro atoms. The summed E-state index contributed by atoms with van der Waals surface area (Å²) in [5.74, 6) is -0.884. The average Bonchev–Trinajstić information content (AvgIpc) is 3.36. The molecule has 3 heterocycles. The molecule has 0 saturated carbocycles. The van der Waals surface area contributed by atoms with Gasteiger partial charge in [-0.2, -0.15) is 0 Å². The molecule has 0 aliphatic carbocycles. The number of amides is 1. The van der Waals surface area contributed by atoms with Gasteiger partial charge >= 0.3 is 0 Å². The molecule has 2 aromatic rings. The number of Topliss-reactive ketones (excluding diaryl/α,β-unsaturated/α-hetero) is 1. The first-order valence-electron chi connectivity index (χ1n) is 10.5. The Morgan fingerprint density at radius 1 is 1.26 bits per heavy atom. The predicted octanol–water partition coefficient (Wildman–Crippen LogP) is 3.47. The second-order valence-corrected chi connectivity index (χ2v) is 8.06. The molecule has 1 amide bonds. The van der Waals surface area contributed by atoms with Crippen LogP contribution in [0.15, 0.2) is 54.4 Å². The summed E-state index contributed by atoms with van der Waals surface area (Å²) in [5.41, 5.74) is 1.18. The summed E-state index contributed by atoms with van der Waals surface area (Å²) in [5, 5.41) is 11.1. The molecule has 7 nitrogen and oxygen atoms in total. The fourth-order valence-electron chi connectivity index (χ4n) is 4.08. The summed E-state index contributed by atoms with van der Waals surface area (Å²) in [6, 6.07) is 9.66. The van der Waals surface area contributed by atoms with Crippen molar-refractivity contribution in [3.8, 4) is 5.75 Å². The van der Waals surface area contributed by atoms with Crippen molar-refractivity contribution in [3.63, 3.8) is 0 Å². The zero-order valence-corrected chi connectivity index (χ0v) is 17.7. The highest BCUT2D eigenvalue weighted by atomic mass is 16.5. The van der Waals surface area contributed by atoms with Crippen LogP contribution < -0.4 is 4.74 Å². The zero-order valence-electron chi connectivity index (χ0n) is 17.7. The second kappa shape index (κ2) is 8.89. The van der Waals surface area contributed by atoms with Gasteiger partial charge in [-0.1, -0.05) is 6.07 Å². The van der Waals surface area contributed by atoms with Crippen LogP contribution in [0.2, 0.25) is 0 Å². The maximum Gasteiger partial charge on any atom is 0.295 e. The van der Waals surface area contributed by atoms with E-state index in [1.807, 2.05) is 13.8 Å². The molecule has 162 valence electrons. The van der Waals surface area contributed by atoms with E-state index >= 15 is 0 Å². The lowest BCUT2D eigenvalue weighted by Gasteiger charge is -2.27. The molecular weight excluding hydrogens is 396 g/mol. The fraction of sp³-hybridized carbons (Fsp3) is 0.375. The Hall–Kier alpha value is -3.19. The summed E-state index contributed by atoms with van der Waals surface area (Å²) in [6.07, 6.45) is 4.91. The number of ether oxygens (including phenoxy) is 2. The molecule has 4 rings (SSSR count). The van der Waals surface area contributed by atoms with Crippen LogP contribution in [0.25, 0.3) is 5.76 Å². The van der Waals surface area contributed by atoms with Crippen LogP contribution in [0, 0.1) is 0 Å². The van der Waals surface area contributed by atoms with Crippen LogP contribution in [0.1, 0.15) is 43.9 Å². The molecule has 0 radical (unpaired) electrons. The van der Waals surface area contributed by atoms with E-state index < -0.39 is 17.7 Å². The lowest BCUT2D eigenvalue weighted by molar-refractivity contribution is -0.140. The molecule has 2 atom stereocenters. The van der Waals surface area contributed by atoms with E-state index in [9.17, 15) is 14.7 Å². The van der Waals surface area contributed by atoms with Crippen molar-refractivity contribution in [2.24, 2.45) is 0 Å². The van der Waals surface area contributed by atoms with Crippen LogP contribution in [-0.2, 0) is 14.3 Å². The molecule has 2 saturated heterocycles. The van der Waals surface area contributed by atoms with E-state index in [0.717, 1.165) is 12.8 Å². The van der Waals surface area contributed by atoms with Crippen LogP contribution in [0.4, 0.5) is 0 Å². The van der Waals surface area contributed by atoms with Gasteiger partial charge in [0, 0.05) is 31.1 Å². The summed E-state index contributed by atoms with van der Waals surface area (Å²) < 4.78 is 11.3. The number of aliphatic hydroxyl groups is 1. The van der Waals surface area contributed by atoms with Gasteiger partial charge in [0.25, 0.3) is 11.7 Å². The number of aromatic nitrogens is 1. The Labute approximate surface area is 181 Å². The first-order valence-corrected chi connectivity index (χ1v) is 10.5. The predicted molar refractivity (Wildman–Crippen MR) is 114 cm³/mol. The molecule has 2 fully saturated rings. The highest BCUT2D eigenvalue weighted by Gasteiger charge is 2.47. The van der Waals surface area contributed by atoms with Gasteiger partial charge in [0.2, 0.25) is 0 Å². The standard InChI is InChI=1S/C24H26N2O5/c1-15(2)31-18-9-7-16(8-10-18)22(27)20-21(17-5-3-11-25-13-17)26(24(29)23(20)28)14-19-6-4-12-30-19/h3,5,7-11,13,15,19,21,27H,4,6,12,14H2,1-2H3/b22-20-. The molecule has 2 unspecified atom stereocenters. The minimum absolute atomic E-state index is 0.0214. The molecule has 31 heavy (non-hydrogen) atoms. The lowest BCUT2D eigenvalue weighted by atomic mass is 9.96. The third kappa shape index (κ3) is 4.32. The van der Waals surface area contributed by atoms with Crippen molar-refractivity contribution in [2.45, 2.75) is 44.9 Å². The number of nitrogens with zero attached hydrogens (tertiary/aromatic N) is 2.